The zero-order valence-corrected chi connectivity index (χ0v) is 23.5. The molecule has 0 aliphatic heterocycles. The summed E-state index contributed by atoms with van der Waals surface area (Å²) in [5, 5.41) is 7.26. The molecule has 0 spiro atoms. The topological polar surface area (TPSA) is 125 Å². The molecule has 14 heteroatoms. The van der Waals surface area contributed by atoms with E-state index in [0.717, 1.165) is 16.5 Å². The second-order valence-corrected chi connectivity index (χ2v) is 10.4. The predicted octanol–water partition coefficient (Wildman–Crippen LogP) is 6.42. The second-order valence-electron chi connectivity index (χ2n) is 10.4. The lowest BCUT2D eigenvalue weighted by atomic mass is 9.97. The number of hydrogen-bond acceptors (Lipinski definition) is 6. The number of aryl methyl sites for hydroxylation is 2. The fraction of sp³-hybridized carbons (Fsp3) is 0.379. The van der Waals surface area contributed by atoms with Gasteiger partial charge in [-0.25, -0.2) is 9.97 Å². The number of aromatic nitrogens is 4. The molecule has 5 rings (SSSR count). The van der Waals surface area contributed by atoms with Gasteiger partial charge in [0.25, 0.3) is 0 Å². The molecule has 1 saturated carbocycles. The van der Waals surface area contributed by atoms with Gasteiger partial charge in [0.2, 0.25) is 11.9 Å². The summed E-state index contributed by atoms with van der Waals surface area (Å²) in [4.78, 5) is 20.7. The van der Waals surface area contributed by atoms with E-state index in [1.54, 1.807) is 25.4 Å². The second kappa shape index (κ2) is 12.6. The smallest absolute Gasteiger partial charge is 0.368 e. The first-order valence-corrected chi connectivity index (χ1v) is 13.5. The number of nitrogens with two attached hydrogens (primary N) is 2. The fourth-order valence-electron chi connectivity index (χ4n) is 5.00. The van der Waals surface area contributed by atoms with E-state index < -0.39 is 41.4 Å². The first kappa shape index (κ1) is 31.7. The molecule has 2 aromatic heterocycles. The number of fused-ring (bicyclic) bond motifs is 1. The largest absolute Gasteiger partial charge is 0.416 e. The summed E-state index contributed by atoms with van der Waals surface area (Å²) in [7, 11) is 1.60. The van der Waals surface area contributed by atoms with Gasteiger partial charge in [-0.15, -0.1) is 0 Å². The summed E-state index contributed by atoms with van der Waals surface area (Å²) >= 11 is 0. The maximum absolute atomic E-state index is 13.3. The van der Waals surface area contributed by atoms with Crippen LogP contribution in [0.15, 0.2) is 42.6 Å². The van der Waals surface area contributed by atoms with Crippen LogP contribution in [0.1, 0.15) is 54.4 Å². The predicted molar refractivity (Wildman–Crippen MR) is 151 cm³/mol. The Morgan fingerprint density at radius 3 is 2.33 bits per heavy atom. The van der Waals surface area contributed by atoms with E-state index in [4.69, 9.17) is 11.5 Å². The molecule has 0 saturated heterocycles. The van der Waals surface area contributed by atoms with Crippen molar-refractivity contribution in [3.8, 4) is 11.3 Å². The molecule has 230 valence electrons. The van der Waals surface area contributed by atoms with E-state index >= 15 is 0 Å². The average Bonchev–Trinajstić information content (AvgIpc) is 3.27. The molecule has 0 radical (unpaired) electrons. The van der Waals surface area contributed by atoms with Gasteiger partial charge in [0.1, 0.15) is 0 Å². The summed E-state index contributed by atoms with van der Waals surface area (Å²) in [5.74, 6) is -0.815. The highest BCUT2D eigenvalue weighted by Crippen LogP contribution is 2.37. The van der Waals surface area contributed by atoms with Crippen LogP contribution in [0.5, 0.6) is 0 Å². The van der Waals surface area contributed by atoms with Crippen molar-refractivity contribution < 1.29 is 31.1 Å². The molecule has 0 unspecified atom stereocenters. The Hall–Kier alpha value is -4.20. The molecule has 1 aliphatic rings. The number of halogens is 6. The highest BCUT2D eigenvalue weighted by Gasteiger charge is 2.37. The van der Waals surface area contributed by atoms with Crippen LogP contribution in [0, 0.1) is 6.92 Å². The first-order chi connectivity index (χ1) is 20.1. The number of amides is 1. The van der Waals surface area contributed by atoms with Crippen molar-refractivity contribution in [3.63, 3.8) is 0 Å². The van der Waals surface area contributed by atoms with E-state index in [9.17, 15) is 31.1 Å². The summed E-state index contributed by atoms with van der Waals surface area (Å²) < 4.78 is 80.5. The third-order valence-corrected chi connectivity index (χ3v) is 7.21. The monoisotopic (exact) mass is 607 g/mol. The number of alkyl halides is 6. The zero-order valence-electron chi connectivity index (χ0n) is 23.5. The number of nitrogen functional groups attached to an aromatic ring is 1. The zero-order chi connectivity index (χ0) is 31.5. The summed E-state index contributed by atoms with van der Waals surface area (Å²) in [6, 6.07) is 6.53. The van der Waals surface area contributed by atoms with E-state index in [1.807, 2.05) is 6.92 Å². The number of carbonyl (C=O) groups is 1. The van der Waals surface area contributed by atoms with Crippen molar-refractivity contribution in [1.82, 2.24) is 19.7 Å². The number of anilines is 2. The van der Waals surface area contributed by atoms with Crippen LogP contribution in [-0.4, -0.2) is 31.7 Å². The maximum atomic E-state index is 13.3. The van der Waals surface area contributed by atoms with Crippen molar-refractivity contribution in [2.45, 2.75) is 63.8 Å². The standard InChI is InChI=1S/C23H18F6N6O.C6H13N/c1-11-14(4-6-17-15(11)10-31-21(30)32-17)18-9-19(34-35(18)2)33-20(36)8-12-7-13(22(24,25)26)3-5-16(12)23(27,28)29;7-6-4-2-1-3-5-6/h3-7,9-10H,8H2,1-2H3,(H2,30,31,32)(H,33,34,36);6H,1-5,7H2. The minimum absolute atomic E-state index is 0.0195. The van der Waals surface area contributed by atoms with E-state index in [2.05, 4.69) is 20.4 Å². The summed E-state index contributed by atoms with van der Waals surface area (Å²) in [5.41, 5.74) is 10.6. The van der Waals surface area contributed by atoms with Gasteiger partial charge in [-0.05, 0) is 55.2 Å². The minimum Gasteiger partial charge on any atom is -0.368 e. The lowest BCUT2D eigenvalue weighted by Crippen LogP contribution is -2.22. The summed E-state index contributed by atoms with van der Waals surface area (Å²) in [6.07, 6.45) is -2.49. The van der Waals surface area contributed by atoms with Crippen LogP contribution >= 0.6 is 0 Å². The first-order valence-electron chi connectivity index (χ1n) is 13.5. The Bertz CT molecular complexity index is 1610. The highest BCUT2D eigenvalue weighted by molar-refractivity contribution is 5.93. The van der Waals surface area contributed by atoms with Gasteiger partial charge in [0.15, 0.2) is 5.82 Å². The van der Waals surface area contributed by atoms with Crippen LogP contribution in [-0.2, 0) is 30.6 Å². The Kier molecular flexibility index (Phi) is 9.28. The van der Waals surface area contributed by atoms with Crippen LogP contribution in [0.25, 0.3) is 22.2 Å². The Balaban J connectivity index is 0.000000530. The van der Waals surface area contributed by atoms with Crippen molar-refractivity contribution in [3.05, 3.63) is 64.8 Å². The Morgan fingerprint density at radius 1 is 1.02 bits per heavy atom. The molecule has 4 aromatic rings. The lowest BCUT2D eigenvalue weighted by Gasteiger charge is -2.15. The third kappa shape index (κ3) is 7.80. The van der Waals surface area contributed by atoms with Gasteiger partial charge < -0.3 is 16.8 Å². The van der Waals surface area contributed by atoms with Gasteiger partial charge in [-0.1, -0.05) is 25.3 Å². The average molecular weight is 608 g/mol. The number of hydrogen-bond donors (Lipinski definition) is 3. The SMILES string of the molecule is Cc1c(-c2cc(NC(=O)Cc3cc(C(F)(F)F)ccc3C(F)(F)F)nn2C)ccc2nc(N)ncc12.NC1CCCCC1. The molecular formula is C29H31F6N7O. The van der Waals surface area contributed by atoms with Crippen LogP contribution in [0.4, 0.5) is 38.1 Å². The number of carbonyl (C=O) groups excluding carboxylic acids is 1. The van der Waals surface area contributed by atoms with Crippen molar-refractivity contribution in [2.75, 3.05) is 11.1 Å². The molecule has 5 N–H and O–H groups in total. The molecular weight excluding hydrogens is 576 g/mol. The van der Waals surface area contributed by atoms with E-state index in [-0.39, 0.29) is 11.8 Å². The number of rotatable bonds is 4. The van der Waals surface area contributed by atoms with Gasteiger partial charge in [-0.2, -0.15) is 31.4 Å². The molecule has 0 bridgehead atoms. The van der Waals surface area contributed by atoms with Crippen molar-refractivity contribution >= 4 is 28.6 Å². The number of benzene rings is 2. The molecule has 1 fully saturated rings. The molecule has 43 heavy (non-hydrogen) atoms. The molecule has 1 amide bonds. The van der Waals surface area contributed by atoms with Gasteiger partial charge >= 0.3 is 12.4 Å². The summed E-state index contributed by atoms with van der Waals surface area (Å²) in [6.45, 7) is 1.83. The molecule has 2 heterocycles. The van der Waals surface area contributed by atoms with Crippen LogP contribution < -0.4 is 16.8 Å². The Labute approximate surface area is 243 Å². The highest BCUT2D eigenvalue weighted by atomic mass is 19.4. The molecule has 0 atom stereocenters. The maximum Gasteiger partial charge on any atom is 0.416 e. The van der Waals surface area contributed by atoms with Gasteiger partial charge in [0.05, 0.1) is 28.8 Å². The van der Waals surface area contributed by atoms with E-state index in [0.29, 0.717) is 35.5 Å². The van der Waals surface area contributed by atoms with Crippen molar-refractivity contribution in [1.29, 1.82) is 0 Å². The fourth-order valence-corrected chi connectivity index (χ4v) is 5.00. The van der Waals surface area contributed by atoms with E-state index in [1.165, 1.54) is 42.9 Å². The molecule has 2 aromatic carbocycles. The van der Waals surface area contributed by atoms with Crippen molar-refractivity contribution in [2.24, 2.45) is 12.8 Å². The quantitative estimate of drug-likeness (QED) is 0.230. The normalized spacial score (nSPS) is 14.3. The van der Waals surface area contributed by atoms with Gasteiger partial charge in [0, 0.05) is 36.3 Å². The minimum atomic E-state index is -4.93. The van der Waals surface area contributed by atoms with Crippen LogP contribution in [0.3, 0.4) is 0 Å². The number of nitrogens with one attached hydrogen (secondary N) is 1. The lowest BCUT2D eigenvalue weighted by molar-refractivity contribution is -0.142. The number of nitrogens with zero attached hydrogens (tertiary/aromatic N) is 4. The molecule has 1 aliphatic carbocycles. The molecule has 8 nitrogen and oxygen atoms in total. The van der Waals surface area contributed by atoms with Gasteiger partial charge in [-0.3, -0.25) is 9.48 Å². The third-order valence-electron chi connectivity index (χ3n) is 7.21. The Morgan fingerprint density at radius 2 is 1.72 bits per heavy atom. The van der Waals surface area contributed by atoms with Crippen LogP contribution in [0.2, 0.25) is 0 Å².